The molecular weight excluding hydrogens is 232 g/mol. The summed E-state index contributed by atoms with van der Waals surface area (Å²) in [6, 6.07) is 2.87. The molecule has 0 aliphatic heterocycles. The Morgan fingerprint density at radius 3 is 2.67 bits per heavy atom. The fourth-order valence-electron chi connectivity index (χ4n) is 1.56. The van der Waals surface area contributed by atoms with Gasteiger partial charge in [-0.15, -0.1) is 0 Å². The van der Waals surface area contributed by atoms with E-state index in [2.05, 4.69) is 10.3 Å². The highest BCUT2D eigenvalue weighted by molar-refractivity contribution is 5.83. The number of aliphatic carboxylic acids is 1. The number of nitrogens with one attached hydrogen (secondary N) is 1. The van der Waals surface area contributed by atoms with Crippen LogP contribution in [0.1, 0.15) is 25.8 Å². The zero-order chi connectivity index (χ0) is 13.5. The van der Waals surface area contributed by atoms with Crippen molar-refractivity contribution in [1.29, 1.82) is 0 Å². The first-order valence-corrected chi connectivity index (χ1v) is 5.91. The molecular formula is C13H18N2O3. The van der Waals surface area contributed by atoms with Crippen molar-refractivity contribution in [3.05, 3.63) is 30.1 Å². The van der Waals surface area contributed by atoms with E-state index >= 15 is 0 Å². The van der Waals surface area contributed by atoms with Gasteiger partial charge in [0.1, 0.15) is 6.04 Å². The first kappa shape index (κ1) is 14.2. The fraction of sp³-hybridized carbons (Fsp3) is 0.462. The molecule has 0 radical (unpaired) electrons. The third-order valence-corrected chi connectivity index (χ3v) is 2.61. The van der Waals surface area contributed by atoms with Crippen molar-refractivity contribution in [3.63, 3.8) is 0 Å². The van der Waals surface area contributed by atoms with Crippen LogP contribution in [0.4, 0.5) is 0 Å². The second kappa shape index (κ2) is 6.74. The molecule has 0 spiro atoms. The summed E-state index contributed by atoms with van der Waals surface area (Å²) in [6.45, 7) is 3.53. The van der Waals surface area contributed by atoms with Crippen molar-refractivity contribution < 1.29 is 14.7 Å². The third-order valence-electron chi connectivity index (χ3n) is 2.61. The highest BCUT2D eigenvalue weighted by Gasteiger charge is 2.22. The molecule has 1 heterocycles. The second-order valence-electron chi connectivity index (χ2n) is 4.49. The minimum atomic E-state index is -1.00. The lowest BCUT2D eigenvalue weighted by atomic mass is 10.0. The van der Waals surface area contributed by atoms with Gasteiger partial charge in [0, 0.05) is 18.8 Å². The van der Waals surface area contributed by atoms with Gasteiger partial charge in [0.2, 0.25) is 5.91 Å². The molecule has 0 aromatic carbocycles. The van der Waals surface area contributed by atoms with E-state index in [1.807, 2.05) is 6.07 Å². The highest BCUT2D eigenvalue weighted by atomic mass is 16.4. The van der Waals surface area contributed by atoms with E-state index in [1.54, 1.807) is 32.3 Å². The van der Waals surface area contributed by atoms with Crippen molar-refractivity contribution in [2.45, 2.75) is 32.7 Å². The smallest absolute Gasteiger partial charge is 0.326 e. The Labute approximate surface area is 106 Å². The van der Waals surface area contributed by atoms with Gasteiger partial charge >= 0.3 is 5.97 Å². The van der Waals surface area contributed by atoms with Gasteiger partial charge < -0.3 is 10.4 Å². The van der Waals surface area contributed by atoms with Crippen molar-refractivity contribution in [1.82, 2.24) is 10.3 Å². The number of nitrogens with zero attached hydrogens (tertiary/aromatic N) is 1. The van der Waals surface area contributed by atoms with E-state index in [0.29, 0.717) is 6.42 Å². The van der Waals surface area contributed by atoms with Crippen LogP contribution in [0.2, 0.25) is 0 Å². The van der Waals surface area contributed by atoms with Gasteiger partial charge in [-0.1, -0.05) is 19.9 Å². The molecule has 98 valence electrons. The summed E-state index contributed by atoms with van der Waals surface area (Å²) in [5, 5.41) is 11.5. The Bertz CT molecular complexity index is 404. The number of pyridine rings is 1. The molecule has 18 heavy (non-hydrogen) atoms. The van der Waals surface area contributed by atoms with E-state index in [4.69, 9.17) is 5.11 Å². The number of carbonyl (C=O) groups is 2. The number of aryl methyl sites for hydroxylation is 1. The number of carbonyl (C=O) groups excluding carboxylic acids is 1. The molecule has 1 aromatic heterocycles. The average molecular weight is 250 g/mol. The molecule has 1 aromatic rings. The van der Waals surface area contributed by atoms with Crippen LogP contribution < -0.4 is 5.32 Å². The van der Waals surface area contributed by atoms with Crippen molar-refractivity contribution in [3.8, 4) is 0 Å². The first-order chi connectivity index (χ1) is 8.50. The number of carboxylic acids is 1. The summed E-state index contributed by atoms with van der Waals surface area (Å²) in [6.07, 6.45) is 4.19. The number of carboxylic acid groups (broad SMARTS) is 1. The molecule has 0 bridgehead atoms. The maximum atomic E-state index is 11.6. The summed E-state index contributed by atoms with van der Waals surface area (Å²) >= 11 is 0. The summed E-state index contributed by atoms with van der Waals surface area (Å²) < 4.78 is 0. The predicted molar refractivity (Wildman–Crippen MR) is 67.0 cm³/mol. The average Bonchev–Trinajstić information content (AvgIpc) is 2.34. The number of aromatic nitrogens is 1. The topological polar surface area (TPSA) is 79.3 Å². The lowest BCUT2D eigenvalue weighted by Gasteiger charge is -2.17. The quantitative estimate of drug-likeness (QED) is 0.796. The minimum Gasteiger partial charge on any atom is -0.480 e. The van der Waals surface area contributed by atoms with Crippen molar-refractivity contribution >= 4 is 11.9 Å². The van der Waals surface area contributed by atoms with Gasteiger partial charge in [-0.05, 0) is 24.0 Å². The van der Waals surface area contributed by atoms with Crippen molar-refractivity contribution in [2.75, 3.05) is 0 Å². The summed E-state index contributed by atoms with van der Waals surface area (Å²) in [4.78, 5) is 26.5. The molecule has 0 aliphatic carbocycles. The van der Waals surface area contributed by atoms with Crippen LogP contribution in [-0.4, -0.2) is 28.0 Å². The maximum absolute atomic E-state index is 11.6. The molecule has 2 N–H and O–H groups in total. The normalized spacial score (nSPS) is 12.2. The number of amides is 1. The Morgan fingerprint density at radius 2 is 2.17 bits per heavy atom. The van der Waals surface area contributed by atoms with Gasteiger partial charge in [0.15, 0.2) is 0 Å². The lowest BCUT2D eigenvalue weighted by molar-refractivity contribution is -0.143. The minimum absolute atomic E-state index is 0.134. The van der Waals surface area contributed by atoms with Gasteiger partial charge in [-0.3, -0.25) is 9.78 Å². The Kier molecular flexibility index (Phi) is 5.30. The molecule has 5 heteroatoms. The Morgan fingerprint density at radius 1 is 1.44 bits per heavy atom. The monoisotopic (exact) mass is 250 g/mol. The standard InChI is InChI=1S/C13H18N2O3/c1-9(2)12(13(17)18)15-11(16)6-5-10-4-3-7-14-8-10/h3-4,7-9,12H,5-6H2,1-2H3,(H,15,16)(H,17,18)/t12-/m0/s1. The summed E-state index contributed by atoms with van der Waals surface area (Å²) in [5.74, 6) is -1.38. The van der Waals surface area contributed by atoms with Crippen LogP contribution in [0.15, 0.2) is 24.5 Å². The molecule has 0 saturated heterocycles. The van der Waals surface area contributed by atoms with Crippen LogP contribution in [-0.2, 0) is 16.0 Å². The molecule has 0 saturated carbocycles. The molecule has 5 nitrogen and oxygen atoms in total. The molecule has 1 atom stereocenters. The maximum Gasteiger partial charge on any atom is 0.326 e. The zero-order valence-corrected chi connectivity index (χ0v) is 10.6. The molecule has 1 rings (SSSR count). The first-order valence-electron chi connectivity index (χ1n) is 5.91. The SMILES string of the molecule is CC(C)[C@H](NC(=O)CCc1cccnc1)C(=O)O. The zero-order valence-electron chi connectivity index (χ0n) is 10.6. The van der Waals surface area contributed by atoms with E-state index in [9.17, 15) is 9.59 Å². The van der Waals surface area contributed by atoms with E-state index in [-0.39, 0.29) is 18.2 Å². The Balaban J connectivity index is 2.44. The van der Waals surface area contributed by atoms with Crippen LogP contribution in [0.5, 0.6) is 0 Å². The second-order valence-corrected chi connectivity index (χ2v) is 4.49. The molecule has 1 amide bonds. The number of rotatable bonds is 6. The van der Waals surface area contributed by atoms with E-state index in [0.717, 1.165) is 5.56 Å². The van der Waals surface area contributed by atoms with E-state index in [1.165, 1.54) is 0 Å². The van der Waals surface area contributed by atoms with Crippen LogP contribution in [0.25, 0.3) is 0 Å². The van der Waals surface area contributed by atoms with Gasteiger partial charge in [-0.25, -0.2) is 4.79 Å². The third kappa shape index (κ3) is 4.53. The van der Waals surface area contributed by atoms with Crippen LogP contribution in [0, 0.1) is 5.92 Å². The van der Waals surface area contributed by atoms with Gasteiger partial charge in [0.25, 0.3) is 0 Å². The largest absolute Gasteiger partial charge is 0.480 e. The van der Waals surface area contributed by atoms with Crippen LogP contribution >= 0.6 is 0 Å². The van der Waals surface area contributed by atoms with Crippen molar-refractivity contribution in [2.24, 2.45) is 5.92 Å². The van der Waals surface area contributed by atoms with Gasteiger partial charge in [0.05, 0.1) is 0 Å². The summed E-state index contributed by atoms with van der Waals surface area (Å²) in [7, 11) is 0. The summed E-state index contributed by atoms with van der Waals surface area (Å²) in [5.41, 5.74) is 0.962. The predicted octanol–water partition coefficient (Wildman–Crippen LogP) is 1.24. The number of hydrogen-bond acceptors (Lipinski definition) is 3. The highest BCUT2D eigenvalue weighted by Crippen LogP contribution is 2.04. The fourth-order valence-corrected chi connectivity index (χ4v) is 1.56. The lowest BCUT2D eigenvalue weighted by Crippen LogP contribution is -2.44. The van der Waals surface area contributed by atoms with E-state index < -0.39 is 12.0 Å². The Hall–Kier alpha value is -1.91. The van der Waals surface area contributed by atoms with Gasteiger partial charge in [-0.2, -0.15) is 0 Å². The number of hydrogen-bond donors (Lipinski definition) is 2. The molecule has 0 unspecified atom stereocenters. The van der Waals surface area contributed by atoms with Crippen LogP contribution in [0.3, 0.4) is 0 Å². The molecule has 0 fully saturated rings. The molecule has 0 aliphatic rings.